The standard InChI is InChI=1S/C14H24O4/c1-5-6-11-9-13(7-8-17-11)14(18-13,10(2)3)12(15)16-4/h10-11H,5-9H2,1-4H3. The molecule has 0 bridgehead atoms. The Morgan fingerprint density at radius 2 is 2.22 bits per heavy atom. The van der Waals surface area contributed by atoms with E-state index in [-0.39, 0.29) is 23.6 Å². The summed E-state index contributed by atoms with van der Waals surface area (Å²) in [6.45, 7) is 6.87. The Balaban J connectivity index is 2.15. The number of esters is 1. The third kappa shape index (κ3) is 1.86. The molecule has 3 atom stereocenters. The van der Waals surface area contributed by atoms with Gasteiger partial charge in [-0.15, -0.1) is 0 Å². The van der Waals surface area contributed by atoms with Gasteiger partial charge in [-0.2, -0.15) is 0 Å². The van der Waals surface area contributed by atoms with Gasteiger partial charge in [0, 0.05) is 19.4 Å². The molecule has 0 aromatic carbocycles. The van der Waals surface area contributed by atoms with Gasteiger partial charge in [-0.3, -0.25) is 0 Å². The summed E-state index contributed by atoms with van der Waals surface area (Å²) in [5, 5.41) is 0. The van der Waals surface area contributed by atoms with E-state index in [4.69, 9.17) is 14.2 Å². The fourth-order valence-electron chi connectivity index (χ4n) is 3.40. The van der Waals surface area contributed by atoms with Gasteiger partial charge in [-0.05, 0) is 12.3 Å². The number of methoxy groups -OCH3 is 1. The van der Waals surface area contributed by atoms with Crippen molar-refractivity contribution in [2.24, 2.45) is 5.92 Å². The maximum absolute atomic E-state index is 12.1. The highest BCUT2D eigenvalue weighted by Crippen LogP contribution is 2.60. The number of ether oxygens (including phenoxy) is 3. The SMILES string of the molecule is CCCC1CC2(CCO1)OC2(C(=O)OC)C(C)C. The third-order valence-corrected chi connectivity index (χ3v) is 4.32. The molecule has 0 aromatic heterocycles. The Morgan fingerprint density at radius 3 is 2.78 bits per heavy atom. The highest BCUT2D eigenvalue weighted by atomic mass is 16.7. The number of rotatable bonds is 4. The first-order valence-corrected chi connectivity index (χ1v) is 6.92. The van der Waals surface area contributed by atoms with Crippen LogP contribution in [0.2, 0.25) is 0 Å². The number of hydrogen-bond acceptors (Lipinski definition) is 4. The molecule has 2 aliphatic rings. The predicted octanol–water partition coefficient (Wildman–Crippen LogP) is 2.30. The summed E-state index contributed by atoms with van der Waals surface area (Å²) in [7, 11) is 1.44. The van der Waals surface area contributed by atoms with Crippen molar-refractivity contribution >= 4 is 5.97 Å². The van der Waals surface area contributed by atoms with Crippen molar-refractivity contribution in [3.05, 3.63) is 0 Å². The highest BCUT2D eigenvalue weighted by molar-refractivity contribution is 5.85. The van der Waals surface area contributed by atoms with Gasteiger partial charge in [-0.1, -0.05) is 27.2 Å². The van der Waals surface area contributed by atoms with Crippen molar-refractivity contribution in [2.45, 2.75) is 63.8 Å². The Kier molecular flexibility index (Phi) is 3.70. The first kappa shape index (κ1) is 13.8. The minimum absolute atomic E-state index is 0.130. The Labute approximate surface area is 109 Å². The lowest BCUT2D eigenvalue weighted by atomic mass is 9.77. The van der Waals surface area contributed by atoms with E-state index in [1.807, 2.05) is 13.8 Å². The maximum Gasteiger partial charge on any atom is 0.341 e. The largest absolute Gasteiger partial charge is 0.467 e. The van der Waals surface area contributed by atoms with Crippen LogP contribution in [0.15, 0.2) is 0 Å². The molecule has 0 aromatic rings. The smallest absolute Gasteiger partial charge is 0.341 e. The third-order valence-electron chi connectivity index (χ3n) is 4.32. The molecule has 2 rings (SSSR count). The zero-order chi connectivity index (χ0) is 13.4. The van der Waals surface area contributed by atoms with Crippen LogP contribution in [0.3, 0.4) is 0 Å². The van der Waals surface area contributed by atoms with Crippen molar-refractivity contribution in [2.75, 3.05) is 13.7 Å². The van der Waals surface area contributed by atoms with Crippen LogP contribution in [0, 0.1) is 5.92 Å². The molecule has 2 saturated heterocycles. The fourth-order valence-corrected chi connectivity index (χ4v) is 3.40. The van der Waals surface area contributed by atoms with Crippen molar-refractivity contribution in [1.82, 2.24) is 0 Å². The fraction of sp³-hybridized carbons (Fsp3) is 0.929. The first-order chi connectivity index (χ1) is 8.52. The van der Waals surface area contributed by atoms with Crippen LogP contribution in [0.4, 0.5) is 0 Å². The average molecular weight is 256 g/mol. The molecule has 104 valence electrons. The summed E-state index contributed by atoms with van der Waals surface area (Å²) in [5.41, 5.74) is -1.08. The molecule has 0 N–H and O–H groups in total. The van der Waals surface area contributed by atoms with Gasteiger partial charge in [0.2, 0.25) is 0 Å². The molecule has 18 heavy (non-hydrogen) atoms. The van der Waals surface area contributed by atoms with E-state index in [2.05, 4.69) is 6.92 Å². The van der Waals surface area contributed by atoms with E-state index in [0.29, 0.717) is 6.61 Å². The van der Waals surface area contributed by atoms with Gasteiger partial charge in [0.15, 0.2) is 5.60 Å². The van der Waals surface area contributed by atoms with E-state index in [1.165, 1.54) is 7.11 Å². The summed E-state index contributed by atoms with van der Waals surface area (Å²) in [4.78, 5) is 12.1. The second-order valence-electron chi connectivity index (χ2n) is 5.71. The van der Waals surface area contributed by atoms with E-state index in [1.54, 1.807) is 0 Å². The number of carbonyl (C=O) groups excluding carboxylic acids is 1. The highest BCUT2D eigenvalue weighted by Gasteiger charge is 2.77. The van der Waals surface area contributed by atoms with Crippen LogP contribution in [-0.2, 0) is 19.0 Å². The van der Waals surface area contributed by atoms with Crippen LogP contribution < -0.4 is 0 Å². The topological polar surface area (TPSA) is 48.1 Å². The van der Waals surface area contributed by atoms with E-state index < -0.39 is 5.60 Å². The number of hydrogen-bond donors (Lipinski definition) is 0. The lowest BCUT2D eigenvalue weighted by molar-refractivity contribution is -0.149. The molecule has 4 heteroatoms. The first-order valence-electron chi connectivity index (χ1n) is 6.92. The molecule has 0 saturated carbocycles. The second kappa shape index (κ2) is 4.82. The summed E-state index contributed by atoms with van der Waals surface area (Å²) < 4.78 is 16.7. The van der Waals surface area contributed by atoms with Gasteiger partial charge < -0.3 is 14.2 Å². The average Bonchev–Trinajstić information content (AvgIpc) is 2.98. The second-order valence-corrected chi connectivity index (χ2v) is 5.71. The molecule has 0 aliphatic carbocycles. The quantitative estimate of drug-likeness (QED) is 0.572. The number of carbonyl (C=O) groups is 1. The molecule has 2 fully saturated rings. The minimum atomic E-state index is -0.739. The zero-order valence-electron chi connectivity index (χ0n) is 11.8. The van der Waals surface area contributed by atoms with Crippen molar-refractivity contribution < 1.29 is 19.0 Å². The Bertz CT molecular complexity index is 326. The van der Waals surface area contributed by atoms with Crippen LogP contribution in [0.1, 0.15) is 46.5 Å². The molecule has 3 unspecified atom stereocenters. The van der Waals surface area contributed by atoms with Gasteiger partial charge in [0.05, 0.1) is 13.2 Å². The molecule has 0 radical (unpaired) electrons. The van der Waals surface area contributed by atoms with Crippen LogP contribution in [0.5, 0.6) is 0 Å². The molecule has 0 amide bonds. The summed E-state index contributed by atoms with van der Waals surface area (Å²) in [6, 6.07) is 0. The van der Waals surface area contributed by atoms with E-state index in [9.17, 15) is 4.79 Å². The van der Waals surface area contributed by atoms with Crippen molar-refractivity contribution in [3.8, 4) is 0 Å². The number of epoxide rings is 1. The van der Waals surface area contributed by atoms with Crippen LogP contribution in [0.25, 0.3) is 0 Å². The minimum Gasteiger partial charge on any atom is -0.467 e. The maximum atomic E-state index is 12.1. The molecule has 1 spiro atoms. The molecular formula is C14H24O4. The summed E-state index contributed by atoms with van der Waals surface area (Å²) in [6.07, 6.45) is 3.94. The normalized spacial score (nSPS) is 39.1. The molecular weight excluding hydrogens is 232 g/mol. The van der Waals surface area contributed by atoms with Crippen LogP contribution in [-0.4, -0.2) is 37.0 Å². The van der Waals surface area contributed by atoms with Crippen molar-refractivity contribution in [3.63, 3.8) is 0 Å². The van der Waals surface area contributed by atoms with Crippen molar-refractivity contribution in [1.29, 1.82) is 0 Å². The predicted molar refractivity (Wildman–Crippen MR) is 67.3 cm³/mol. The Morgan fingerprint density at radius 1 is 1.50 bits per heavy atom. The van der Waals surface area contributed by atoms with Gasteiger partial charge in [0.25, 0.3) is 0 Å². The lowest BCUT2D eigenvalue weighted by Gasteiger charge is -2.30. The van der Waals surface area contributed by atoms with Crippen LogP contribution >= 0.6 is 0 Å². The van der Waals surface area contributed by atoms with E-state index in [0.717, 1.165) is 25.7 Å². The summed E-state index contributed by atoms with van der Waals surface area (Å²) in [5.74, 6) is -0.0972. The van der Waals surface area contributed by atoms with Gasteiger partial charge in [-0.25, -0.2) is 4.79 Å². The Hall–Kier alpha value is -0.610. The zero-order valence-corrected chi connectivity index (χ0v) is 11.8. The summed E-state index contributed by atoms with van der Waals surface area (Å²) >= 11 is 0. The van der Waals surface area contributed by atoms with Gasteiger partial charge in [0.1, 0.15) is 5.60 Å². The van der Waals surface area contributed by atoms with E-state index >= 15 is 0 Å². The molecule has 2 heterocycles. The monoisotopic (exact) mass is 256 g/mol. The van der Waals surface area contributed by atoms with Gasteiger partial charge >= 0.3 is 5.97 Å². The molecule has 4 nitrogen and oxygen atoms in total. The lowest BCUT2D eigenvalue weighted by Crippen LogP contribution is -2.44. The molecule has 2 aliphatic heterocycles.